The number of aromatic nitrogens is 1. The van der Waals surface area contributed by atoms with Crippen LogP contribution in [-0.4, -0.2) is 10.1 Å². The average Bonchev–Trinajstić information content (AvgIpc) is 2.65. The van der Waals surface area contributed by atoms with Crippen LogP contribution in [0.5, 0.6) is 0 Å². The number of nitrogens with zero attached hydrogens (tertiary/aromatic N) is 1. The number of hydrogen-bond donors (Lipinski definition) is 1. The number of halogens is 2. The molecule has 2 aromatic rings. The Bertz CT molecular complexity index is 486. The quantitative estimate of drug-likeness (QED) is 0.917. The van der Waals surface area contributed by atoms with E-state index < -0.39 is 0 Å². The lowest BCUT2D eigenvalue weighted by molar-refractivity contribution is 0.282. The summed E-state index contributed by atoms with van der Waals surface area (Å²) in [6.07, 6.45) is 0. The van der Waals surface area contributed by atoms with E-state index in [1.54, 1.807) is 6.07 Å². The first-order chi connectivity index (χ1) is 7.20. The Hall–Kier alpha value is -0.420. The van der Waals surface area contributed by atoms with Crippen LogP contribution in [0.1, 0.15) is 5.56 Å². The maximum atomic E-state index is 9.20. The molecule has 5 heteroatoms. The van der Waals surface area contributed by atoms with Crippen molar-refractivity contribution in [2.75, 3.05) is 0 Å². The van der Waals surface area contributed by atoms with Gasteiger partial charge in [-0.2, -0.15) is 0 Å². The first-order valence-corrected chi connectivity index (χ1v) is 6.26. The van der Waals surface area contributed by atoms with E-state index in [0.717, 1.165) is 20.7 Å². The van der Waals surface area contributed by atoms with Crippen molar-refractivity contribution in [3.63, 3.8) is 0 Å². The molecule has 1 aromatic carbocycles. The van der Waals surface area contributed by atoms with Gasteiger partial charge in [0.1, 0.15) is 9.61 Å². The lowest BCUT2D eigenvalue weighted by atomic mass is 10.1. The minimum Gasteiger partial charge on any atom is -0.392 e. The molecule has 0 aliphatic heterocycles. The van der Waals surface area contributed by atoms with E-state index >= 15 is 0 Å². The third-order valence-electron chi connectivity index (χ3n) is 1.95. The van der Waals surface area contributed by atoms with E-state index in [9.17, 15) is 5.11 Å². The van der Waals surface area contributed by atoms with Gasteiger partial charge in [0.25, 0.3) is 0 Å². The van der Waals surface area contributed by atoms with Gasteiger partial charge < -0.3 is 5.11 Å². The Labute approximate surface area is 105 Å². The van der Waals surface area contributed by atoms with Crippen molar-refractivity contribution < 1.29 is 5.11 Å². The van der Waals surface area contributed by atoms with Gasteiger partial charge in [-0.3, -0.25) is 0 Å². The summed E-state index contributed by atoms with van der Waals surface area (Å²) in [5.41, 5.74) is 1.72. The summed E-state index contributed by atoms with van der Waals surface area (Å²) < 4.78 is 0.798. The highest BCUT2D eigenvalue weighted by atomic mass is 79.9. The maximum absolute atomic E-state index is 9.20. The Morgan fingerprint density at radius 1 is 1.47 bits per heavy atom. The van der Waals surface area contributed by atoms with E-state index in [1.165, 1.54) is 11.3 Å². The SMILES string of the molecule is OCc1ccc(Cl)cc1-c1nc(Br)cs1. The summed E-state index contributed by atoms with van der Waals surface area (Å²) in [5.74, 6) is 0. The van der Waals surface area contributed by atoms with Crippen molar-refractivity contribution in [2.24, 2.45) is 0 Å². The van der Waals surface area contributed by atoms with Gasteiger partial charge in [-0.1, -0.05) is 17.7 Å². The van der Waals surface area contributed by atoms with E-state index in [0.29, 0.717) is 5.02 Å². The highest BCUT2D eigenvalue weighted by Crippen LogP contribution is 2.30. The molecule has 1 aromatic heterocycles. The molecule has 0 spiro atoms. The van der Waals surface area contributed by atoms with Crippen molar-refractivity contribution in [3.8, 4) is 10.6 Å². The Morgan fingerprint density at radius 2 is 2.27 bits per heavy atom. The normalized spacial score (nSPS) is 10.6. The lowest BCUT2D eigenvalue weighted by Gasteiger charge is -2.04. The second-order valence-corrected chi connectivity index (χ2v) is 5.04. The highest BCUT2D eigenvalue weighted by molar-refractivity contribution is 9.10. The fourth-order valence-electron chi connectivity index (χ4n) is 1.26. The molecule has 0 aliphatic rings. The Balaban J connectivity index is 2.55. The molecule has 78 valence electrons. The largest absolute Gasteiger partial charge is 0.392 e. The molecular weight excluding hydrogens is 298 g/mol. The summed E-state index contributed by atoms with van der Waals surface area (Å²) in [5, 5.41) is 12.6. The molecule has 0 aliphatic carbocycles. The van der Waals surface area contributed by atoms with Gasteiger partial charge in [0.15, 0.2) is 0 Å². The van der Waals surface area contributed by atoms with Gasteiger partial charge >= 0.3 is 0 Å². The van der Waals surface area contributed by atoms with Gasteiger partial charge in [-0.15, -0.1) is 11.3 Å². The van der Waals surface area contributed by atoms with Crippen molar-refractivity contribution in [3.05, 3.63) is 38.8 Å². The molecule has 0 saturated carbocycles. The fraction of sp³-hybridized carbons (Fsp3) is 0.100. The van der Waals surface area contributed by atoms with E-state index in [2.05, 4.69) is 20.9 Å². The Kier molecular flexibility index (Phi) is 3.41. The minimum absolute atomic E-state index is 0.0102. The van der Waals surface area contributed by atoms with Crippen LogP contribution < -0.4 is 0 Å². The third-order valence-corrected chi connectivity index (χ3v) is 3.77. The second-order valence-electron chi connectivity index (χ2n) is 2.93. The van der Waals surface area contributed by atoms with Crippen molar-refractivity contribution in [1.82, 2.24) is 4.98 Å². The Morgan fingerprint density at radius 3 is 2.87 bits per heavy atom. The van der Waals surface area contributed by atoms with Gasteiger partial charge in [0, 0.05) is 16.0 Å². The van der Waals surface area contributed by atoms with Gasteiger partial charge in [0.05, 0.1) is 6.61 Å². The zero-order chi connectivity index (χ0) is 10.8. The average molecular weight is 305 g/mol. The summed E-state index contributed by atoms with van der Waals surface area (Å²) in [7, 11) is 0. The highest BCUT2D eigenvalue weighted by Gasteiger charge is 2.08. The molecule has 15 heavy (non-hydrogen) atoms. The van der Waals surface area contributed by atoms with Crippen LogP contribution in [0, 0.1) is 0 Å². The first-order valence-electron chi connectivity index (χ1n) is 4.21. The fourth-order valence-corrected chi connectivity index (χ4v) is 2.74. The first kappa shape index (κ1) is 11.1. The maximum Gasteiger partial charge on any atom is 0.125 e. The topological polar surface area (TPSA) is 33.1 Å². The summed E-state index contributed by atoms with van der Waals surface area (Å²) in [6, 6.07) is 5.39. The van der Waals surface area contributed by atoms with E-state index in [-0.39, 0.29) is 6.61 Å². The number of aliphatic hydroxyl groups excluding tert-OH is 1. The van der Waals surface area contributed by atoms with Crippen LogP contribution in [0.25, 0.3) is 10.6 Å². The molecule has 2 nitrogen and oxygen atoms in total. The molecule has 0 unspecified atom stereocenters. The van der Waals surface area contributed by atoms with Crippen molar-refractivity contribution in [1.29, 1.82) is 0 Å². The van der Waals surface area contributed by atoms with Crippen molar-refractivity contribution in [2.45, 2.75) is 6.61 Å². The zero-order valence-electron chi connectivity index (χ0n) is 7.58. The van der Waals surface area contributed by atoms with E-state index in [1.807, 2.05) is 17.5 Å². The molecule has 0 fully saturated rings. The number of rotatable bonds is 2. The summed E-state index contributed by atoms with van der Waals surface area (Å²) in [4.78, 5) is 4.30. The van der Waals surface area contributed by atoms with Gasteiger partial charge in [-0.05, 0) is 33.6 Å². The molecule has 2 rings (SSSR count). The predicted molar refractivity (Wildman–Crippen MR) is 66.2 cm³/mol. The monoisotopic (exact) mass is 303 g/mol. The van der Waals surface area contributed by atoms with Gasteiger partial charge in [-0.25, -0.2) is 4.98 Å². The van der Waals surface area contributed by atoms with Crippen LogP contribution >= 0.6 is 38.9 Å². The van der Waals surface area contributed by atoms with Crippen LogP contribution in [0.3, 0.4) is 0 Å². The van der Waals surface area contributed by atoms with E-state index in [4.69, 9.17) is 11.6 Å². The van der Waals surface area contributed by atoms with Crippen LogP contribution in [0.4, 0.5) is 0 Å². The molecule has 0 amide bonds. The molecule has 1 N–H and O–H groups in total. The summed E-state index contributed by atoms with van der Waals surface area (Å²) in [6.45, 7) is -0.0102. The summed E-state index contributed by atoms with van der Waals surface area (Å²) >= 11 is 10.7. The van der Waals surface area contributed by atoms with Crippen LogP contribution in [-0.2, 0) is 6.61 Å². The third kappa shape index (κ3) is 2.39. The number of hydrogen-bond acceptors (Lipinski definition) is 3. The van der Waals surface area contributed by atoms with Crippen LogP contribution in [0.15, 0.2) is 28.2 Å². The molecular formula is C10H7BrClNOS. The van der Waals surface area contributed by atoms with Crippen molar-refractivity contribution >= 4 is 38.9 Å². The lowest BCUT2D eigenvalue weighted by Crippen LogP contribution is -1.88. The molecule has 0 atom stereocenters. The predicted octanol–water partition coefficient (Wildman–Crippen LogP) is 3.72. The zero-order valence-corrected chi connectivity index (χ0v) is 10.7. The van der Waals surface area contributed by atoms with Gasteiger partial charge in [0.2, 0.25) is 0 Å². The standard InChI is InChI=1S/C10H7BrClNOS/c11-9-5-15-10(13-9)8-3-7(12)2-1-6(8)4-14/h1-3,5,14H,4H2. The number of thiazole rings is 1. The smallest absolute Gasteiger partial charge is 0.125 e. The number of benzene rings is 1. The molecule has 1 heterocycles. The minimum atomic E-state index is -0.0102. The molecule has 0 radical (unpaired) electrons. The molecule has 0 saturated heterocycles. The number of aliphatic hydroxyl groups is 1. The van der Waals surface area contributed by atoms with Crippen LogP contribution in [0.2, 0.25) is 5.02 Å². The molecule has 0 bridgehead atoms. The second kappa shape index (κ2) is 4.61.